The lowest BCUT2D eigenvalue weighted by Gasteiger charge is -2.10. The molecule has 8 nitrogen and oxygen atoms in total. The van der Waals surface area contributed by atoms with Crippen molar-refractivity contribution >= 4 is 33.0 Å². The molecule has 0 aliphatic carbocycles. The number of imidazole rings is 1. The molecular weight excluding hydrogens is 416 g/mol. The molecule has 158 valence electrons. The number of benzene rings is 2. The molecule has 0 spiro atoms. The second-order valence-electron chi connectivity index (χ2n) is 6.92. The molecule has 0 radical (unpaired) electrons. The Bertz CT molecular complexity index is 1320. The summed E-state index contributed by atoms with van der Waals surface area (Å²) in [6, 6.07) is 19.1. The molecule has 0 saturated carbocycles. The second kappa shape index (κ2) is 8.49. The zero-order chi connectivity index (χ0) is 21.8. The first-order valence-electron chi connectivity index (χ1n) is 9.40. The van der Waals surface area contributed by atoms with Gasteiger partial charge in [-0.25, -0.2) is 13.4 Å². The summed E-state index contributed by atoms with van der Waals surface area (Å²) in [7, 11) is -3.43. The molecule has 0 aliphatic rings. The first-order valence-corrected chi connectivity index (χ1v) is 11.3. The minimum atomic E-state index is -3.43. The molecule has 4 aromatic rings. The maximum atomic E-state index is 12.6. The Kier molecular flexibility index (Phi) is 5.59. The zero-order valence-corrected chi connectivity index (χ0v) is 17.5. The molecule has 0 unspecified atom stereocenters. The third-order valence-corrected chi connectivity index (χ3v) is 4.93. The van der Waals surface area contributed by atoms with Crippen LogP contribution in [-0.4, -0.2) is 30.0 Å². The van der Waals surface area contributed by atoms with Gasteiger partial charge in [0.25, 0.3) is 5.91 Å². The third kappa shape index (κ3) is 5.40. The summed E-state index contributed by atoms with van der Waals surface area (Å²) >= 11 is 0. The number of sulfonamides is 1. The van der Waals surface area contributed by atoms with E-state index in [2.05, 4.69) is 15.0 Å². The summed E-state index contributed by atoms with van der Waals surface area (Å²) in [6.45, 7) is 0.290. The molecular formula is C22H20N4O4S. The summed E-state index contributed by atoms with van der Waals surface area (Å²) < 4.78 is 32.9. The van der Waals surface area contributed by atoms with Crippen LogP contribution in [-0.2, 0) is 16.6 Å². The first kappa shape index (κ1) is 20.4. The van der Waals surface area contributed by atoms with E-state index in [0.29, 0.717) is 22.7 Å². The molecule has 2 aromatic carbocycles. The van der Waals surface area contributed by atoms with Gasteiger partial charge in [0.2, 0.25) is 10.0 Å². The molecule has 0 saturated heterocycles. The molecule has 0 bridgehead atoms. The van der Waals surface area contributed by atoms with Crippen molar-refractivity contribution in [2.45, 2.75) is 6.61 Å². The Hall–Kier alpha value is -3.85. The van der Waals surface area contributed by atoms with Crippen LogP contribution in [0.1, 0.15) is 16.1 Å². The molecule has 2 heterocycles. The predicted octanol–water partition coefficient (Wildman–Crippen LogP) is 3.54. The number of ether oxygens (including phenoxy) is 1. The second-order valence-corrected chi connectivity index (χ2v) is 8.67. The maximum Gasteiger partial charge on any atom is 0.255 e. The number of carbonyl (C=O) groups is 1. The van der Waals surface area contributed by atoms with E-state index in [4.69, 9.17) is 4.74 Å². The lowest BCUT2D eigenvalue weighted by atomic mass is 10.2. The number of rotatable bonds is 7. The van der Waals surface area contributed by atoms with Crippen LogP contribution in [0, 0.1) is 0 Å². The molecule has 0 atom stereocenters. The van der Waals surface area contributed by atoms with E-state index < -0.39 is 10.0 Å². The summed E-state index contributed by atoms with van der Waals surface area (Å²) in [4.78, 5) is 17.1. The summed E-state index contributed by atoms with van der Waals surface area (Å²) in [5.41, 5.74) is 2.83. The van der Waals surface area contributed by atoms with Crippen molar-refractivity contribution in [2.75, 3.05) is 16.3 Å². The topological polar surface area (TPSA) is 102 Å². The number of amides is 1. The first-order chi connectivity index (χ1) is 14.9. The molecule has 9 heteroatoms. The van der Waals surface area contributed by atoms with Gasteiger partial charge in [-0.05, 0) is 42.5 Å². The van der Waals surface area contributed by atoms with E-state index in [-0.39, 0.29) is 12.5 Å². The van der Waals surface area contributed by atoms with Gasteiger partial charge in [0.05, 0.1) is 11.9 Å². The number of aromatic nitrogens is 2. The van der Waals surface area contributed by atoms with Gasteiger partial charge < -0.3 is 14.5 Å². The van der Waals surface area contributed by atoms with E-state index in [0.717, 1.165) is 17.6 Å². The number of nitrogens with one attached hydrogen (secondary N) is 2. The van der Waals surface area contributed by atoms with E-state index in [1.807, 2.05) is 35.0 Å². The van der Waals surface area contributed by atoms with E-state index >= 15 is 0 Å². The summed E-state index contributed by atoms with van der Waals surface area (Å²) in [6.07, 6.45) is 4.87. The van der Waals surface area contributed by atoms with Gasteiger partial charge in [0, 0.05) is 35.4 Å². The monoisotopic (exact) mass is 436 g/mol. The Balaban J connectivity index is 1.42. The van der Waals surface area contributed by atoms with E-state index in [1.54, 1.807) is 42.5 Å². The fourth-order valence-corrected chi connectivity index (χ4v) is 3.57. The Morgan fingerprint density at radius 2 is 1.84 bits per heavy atom. The summed E-state index contributed by atoms with van der Waals surface area (Å²) in [5.74, 6) is 0.219. The zero-order valence-electron chi connectivity index (χ0n) is 16.6. The van der Waals surface area contributed by atoms with Gasteiger partial charge in [-0.1, -0.05) is 18.2 Å². The minimum absolute atomic E-state index is 0.290. The molecule has 0 aliphatic heterocycles. The molecule has 2 N–H and O–H groups in total. The van der Waals surface area contributed by atoms with Crippen LogP contribution in [0.2, 0.25) is 0 Å². The number of anilines is 2. The number of nitrogens with zero attached hydrogens (tertiary/aromatic N) is 2. The van der Waals surface area contributed by atoms with Crippen molar-refractivity contribution in [3.05, 3.63) is 90.4 Å². The lowest BCUT2D eigenvalue weighted by molar-refractivity contribution is 0.102. The van der Waals surface area contributed by atoms with Crippen LogP contribution in [0.15, 0.2) is 79.1 Å². The highest BCUT2D eigenvalue weighted by atomic mass is 32.2. The van der Waals surface area contributed by atoms with Gasteiger partial charge >= 0.3 is 0 Å². The van der Waals surface area contributed by atoms with Gasteiger partial charge in [-0.15, -0.1) is 0 Å². The SMILES string of the molecule is CS(=O)(=O)Nc1cccc(C(=O)Nc2cccc(OCc3cn4ccccc4n3)c2)c1. The number of hydrogen-bond donors (Lipinski definition) is 2. The highest BCUT2D eigenvalue weighted by Crippen LogP contribution is 2.20. The smallest absolute Gasteiger partial charge is 0.255 e. The molecule has 2 aromatic heterocycles. The fourth-order valence-electron chi connectivity index (χ4n) is 3.02. The number of hydrogen-bond acceptors (Lipinski definition) is 5. The molecule has 0 fully saturated rings. The highest BCUT2D eigenvalue weighted by Gasteiger charge is 2.10. The largest absolute Gasteiger partial charge is 0.487 e. The third-order valence-electron chi connectivity index (χ3n) is 4.32. The van der Waals surface area contributed by atoms with Gasteiger partial charge in [-0.3, -0.25) is 9.52 Å². The standard InChI is InChI=1S/C22H20N4O4S/c1-31(28,29)25-18-8-4-6-16(12-18)22(27)24-17-7-5-9-20(13-17)30-15-19-14-26-11-3-2-10-21(26)23-19/h2-14,25H,15H2,1H3,(H,24,27). The van der Waals surface area contributed by atoms with Crippen molar-refractivity contribution in [1.29, 1.82) is 0 Å². The normalized spacial score (nSPS) is 11.3. The maximum absolute atomic E-state index is 12.6. The summed E-state index contributed by atoms with van der Waals surface area (Å²) in [5, 5.41) is 2.79. The average molecular weight is 436 g/mol. The Morgan fingerprint density at radius 1 is 1.03 bits per heavy atom. The quantitative estimate of drug-likeness (QED) is 0.461. The number of carbonyl (C=O) groups excluding carboxylic acids is 1. The van der Waals surface area contributed by atoms with Crippen molar-refractivity contribution in [3.8, 4) is 5.75 Å². The minimum Gasteiger partial charge on any atom is -0.487 e. The van der Waals surface area contributed by atoms with Gasteiger partial charge in [-0.2, -0.15) is 0 Å². The Morgan fingerprint density at radius 3 is 2.65 bits per heavy atom. The highest BCUT2D eigenvalue weighted by molar-refractivity contribution is 7.92. The van der Waals surface area contributed by atoms with Crippen LogP contribution >= 0.6 is 0 Å². The molecule has 4 rings (SSSR count). The van der Waals surface area contributed by atoms with E-state index in [1.165, 1.54) is 6.07 Å². The van der Waals surface area contributed by atoms with Crippen LogP contribution in [0.5, 0.6) is 5.75 Å². The van der Waals surface area contributed by atoms with Gasteiger partial charge in [0.1, 0.15) is 18.0 Å². The van der Waals surface area contributed by atoms with Crippen LogP contribution in [0.3, 0.4) is 0 Å². The number of fused-ring (bicyclic) bond motifs is 1. The Labute approximate surface area is 179 Å². The van der Waals surface area contributed by atoms with Crippen LogP contribution < -0.4 is 14.8 Å². The van der Waals surface area contributed by atoms with Gasteiger partial charge in [0.15, 0.2) is 0 Å². The molecule has 31 heavy (non-hydrogen) atoms. The predicted molar refractivity (Wildman–Crippen MR) is 119 cm³/mol. The van der Waals surface area contributed by atoms with Crippen LogP contribution in [0.25, 0.3) is 5.65 Å². The van der Waals surface area contributed by atoms with Crippen molar-refractivity contribution < 1.29 is 17.9 Å². The van der Waals surface area contributed by atoms with Crippen molar-refractivity contribution in [3.63, 3.8) is 0 Å². The van der Waals surface area contributed by atoms with Crippen LogP contribution in [0.4, 0.5) is 11.4 Å². The number of pyridine rings is 1. The van der Waals surface area contributed by atoms with E-state index in [9.17, 15) is 13.2 Å². The average Bonchev–Trinajstić information content (AvgIpc) is 3.14. The fraction of sp³-hybridized carbons (Fsp3) is 0.0909. The van der Waals surface area contributed by atoms with Crippen molar-refractivity contribution in [2.24, 2.45) is 0 Å². The molecule has 1 amide bonds. The van der Waals surface area contributed by atoms with Crippen molar-refractivity contribution in [1.82, 2.24) is 9.38 Å². The lowest BCUT2D eigenvalue weighted by Crippen LogP contribution is -2.14.